The topological polar surface area (TPSA) is 72.7 Å². The monoisotopic (exact) mass is 337 g/mol. The highest BCUT2D eigenvalue weighted by Gasteiger charge is 2.27. The second kappa shape index (κ2) is 8.04. The zero-order valence-corrected chi connectivity index (χ0v) is 14.6. The Hall–Kier alpha value is -1.51. The van der Waals surface area contributed by atoms with Crippen molar-refractivity contribution in [3.63, 3.8) is 0 Å². The van der Waals surface area contributed by atoms with E-state index in [0.717, 1.165) is 70.4 Å². The molecule has 0 saturated carbocycles. The average molecular weight is 337 g/mol. The smallest absolute Gasteiger partial charge is 0.248 e. The molecule has 2 aliphatic heterocycles. The largest absolute Gasteiger partial charge is 0.379 e. The van der Waals surface area contributed by atoms with Gasteiger partial charge in [-0.2, -0.15) is 0 Å². The Bertz CT molecular complexity index is 548. The lowest BCUT2D eigenvalue weighted by Crippen LogP contribution is -2.40. The lowest BCUT2D eigenvalue weighted by Gasteiger charge is -2.31. The molecule has 0 radical (unpaired) electrons. The Morgan fingerprint density at radius 2 is 1.92 bits per heavy atom. The first-order chi connectivity index (χ1) is 11.7. The van der Waals surface area contributed by atoms with Crippen LogP contribution in [-0.2, 0) is 27.9 Å². The van der Waals surface area contributed by atoms with Crippen LogP contribution in [0.15, 0.2) is 0 Å². The summed E-state index contributed by atoms with van der Waals surface area (Å²) in [6.07, 6.45) is 1.86. The predicted octanol–water partition coefficient (Wildman–Crippen LogP) is -0.000300. The molecule has 0 unspecified atom stereocenters. The molecule has 0 aliphatic carbocycles. The van der Waals surface area contributed by atoms with Crippen molar-refractivity contribution in [2.24, 2.45) is 7.05 Å². The second-order valence-electron chi connectivity index (χ2n) is 6.51. The van der Waals surface area contributed by atoms with Gasteiger partial charge in [0, 0.05) is 46.3 Å². The van der Waals surface area contributed by atoms with Crippen LogP contribution >= 0.6 is 0 Å². The Morgan fingerprint density at radius 1 is 1.21 bits per heavy atom. The number of hydrogen-bond acceptors (Lipinski definition) is 6. The molecule has 2 aliphatic rings. The lowest BCUT2D eigenvalue weighted by molar-refractivity contribution is -0.136. The van der Waals surface area contributed by atoms with Crippen molar-refractivity contribution in [3.8, 4) is 0 Å². The number of methoxy groups -OCH3 is 1. The number of carbonyl (C=O) groups excluding carboxylic acids is 1. The van der Waals surface area contributed by atoms with Crippen molar-refractivity contribution in [1.29, 1.82) is 0 Å². The van der Waals surface area contributed by atoms with Crippen LogP contribution in [0.3, 0.4) is 0 Å². The maximum absolute atomic E-state index is 11.9. The highest BCUT2D eigenvalue weighted by Crippen LogP contribution is 2.27. The van der Waals surface area contributed by atoms with E-state index in [1.54, 1.807) is 7.11 Å². The summed E-state index contributed by atoms with van der Waals surface area (Å²) in [6.45, 7) is 5.98. The van der Waals surface area contributed by atoms with Crippen LogP contribution in [0.25, 0.3) is 0 Å². The number of piperidine rings is 1. The Morgan fingerprint density at radius 3 is 2.58 bits per heavy atom. The molecule has 2 saturated heterocycles. The number of rotatable bonds is 5. The number of nitrogens with zero attached hydrogens (tertiary/aromatic N) is 5. The molecule has 3 heterocycles. The highest BCUT2D eigenvalue weighted by atomic mass is 16.5. The van der Waals surface area contributed by atoms with E-state index in [1.807, 2.05) is 11.9 Å². The van der Waals surface area contributed by atoms with Gasteiger partial charge in [0.25, 0.3) is 0 Å². The predicted molar refractivity (Wildman–Crippen MR) is 87.5 cm³/mol. The third-order valence-corrected chi connectivity index (χ3v) is 4.95. The van der Waals surface area contributed by atoms with Crippen LogP contribution in [-0.4, -0.2) is 83.6 Å². The number of aromatic nitrogens is 3. The van der Waals surface area contributed by atoms with Gasteiger partial charge in [-0.15, -0.1) is 10.2 Å². The highest BCUT2D eigenvalue weighted by molar-refractivity contribution is 5.77. The van der Waals surface area contributed by atoms with Crippen LogP contribution in [0.2, 0.25) is 0 Å². The summed E-state index contributed by atoms with van der Waals surface area (Å²) < 4.78 is 12.5. The molecular formula is C16H27N5O3. The molecule has 1 amide bonds. The molecule has 0 N–H and O–H groups in total. The zero-order chi connectivity index (χ0) is 16.9. The van der Waals surface area contributed by atoms with E-state index in [4.69, 9.17) is 9.47 Å². The summed E-state index contributed by atoms with van der Waals surface area (Å²) in [7, 11) is 3.60. The third kappa shape index (κ3) is 3.93. The number of hydrogen-bond donors (Lipinski definition) is 0. The van der Waals surface area contributed by atoms with E-state index in [-0.39, 0.29) is 12.5 Å². The average Bonchev–Trinajstić information content (AvgIpc) is 2.97. The fraction of sp³-hybridized carbons (Fsp3) is 0.812. The summed E-state index contributed by atoms with van der Waals surface area (Å²) in [6, 6.07) is 0. The summed E-state index contributed by atoms with van der Waals surface area (Å²) in [5.74, 6) is 2.48. The Kier molecular flexibility index (Phi) is 5.80. The maximum Gasteiger partial charge on any atom is 0.248 e. The number of ether oxygens (including phenoxy) is 2. The van der Waals surface area contributed by atoms with Crippen molar-refractivity contribution in [1.82, 2.24) is 24.6 Å². The molecule has 1 aromatic rings. The number of carbonyl (C=O) groups is 1. The minimum atomic E-state index is 0.0712. The zero-order valence-electron chi connectivity index (χ0n) is 14.6. The van der Waals surface area contributed by atoms with Gasteiger partial charge in [-0.3, -0.25) is 9.69 Å². The van der Waals surface area contributed by atoms with E-state index in [2.05, 4.69) is 19.7 Å². The molecule has 8 nitrogen and oxygen atoms in total. The number of morpholine rings is 1. The molecule has 134 valence electrons. The molecule has 2 fully saturated rings. The third-order valence-electron chi connectivity index (χ3n) is 4.95. The summed E-state index contributed by atoms with van der Waals surface area (Å²) >= 11 is 0. The quantitative estimate of drug-likeness (QED) is 0.753. The van der Waals surface area contributed by atoms with Crippen LogP contribution < -0.4 is 0 Å². The van der Waals surface area contributed by atoms with Crippen molar-refractivity contribution in [2.75, 3.05) is 53.1 Å². The Labute approximate surface area is 142 Å². The maximum atomic E-state index is 11.9. The fourth-order valence-electron chi connectivity index (χ4n) is 3.43. The first-order valence-electron chi connectivity index (χ1n) is 8.64. The number of likely N-dealkylation sites (tertiary alicyclic amines) is 1. The van der Waals surface area contributed by atoms with E-state index in [0.29, 0.717) is 5.92 Å². The summed E-state index contributed by atoms with van der Waals surface area (Å²) in [5, 5.41) is 8.84. The van der Waals surface area contributed by atoms with Crippen molar-refractivity contribution in [2.45, 2.75) is 25.3 Å². The van der Waals surface area contributed by atoms with Gasteiger partial charge in [0.05, 0.1) is 19.8 Å². The van der Waals surface area contributed by atoms with E-state index in [1.165, 1.54) is 0 Å². The van der Waals surface area contributed by atoms with Gasteiger partial charge in [0.1, 0.15) is 18.3 Å². The molecule has 0 spiro atoms. The standard InChI is InChI=1S/C16H27N5O3/c1-19-14(11-20-7-9-24-10-8-20)17-18-16(19)13-3-5-21(6-4-13)15(22)12-23-2/h13H,3-12H2,1-2H3. The van der Waals surface area contributed by atoms with Crippen LogP contribution in [0.1, 0.15) is 30.4 Å². The van der Waals surface area contributed by atoms with Crippen molar-refractivity contribution >= 4 is 5.91 Å². The first kappa shape index (κ1) is 17.3. The van der Waals surface area contributed by atoms with E-state index >= 15 is 0 Å². The number of amides is 1. The van der Waals surface area contributed by atoms with E-state index < -0.39 is 0 Å². The van der Waals surface area contributed by atoms with Gasteiger partial charge in [-0.1, -0.05) is 0 Å². The van der Waals surface area contributed by atoms with Crippen LogP contribution in [0, 0.1) is 0 Å². The van der Waals surface area contributed by atoms with Gasteiger partial charge in [0.15, 0.2) is 0 Å². The summed E-state index contributed by atoms with van der Waals surface area (Å²) in [4.78, 5) is 16.1. The minimum Gasteiger partial charge on any atom is -0.379 e. The normalized spacial score (nSPS) is 20.5. The van der Waals surface area contributed by atoms with Gasteiger partial charge in [-0.25, -0.2) is 0 Å². The summed E-state index contributed by atoms with van der Waals surface area (Å²) in [5.41, 5.74) is 0. The van der Waals surface area contributed by atoms with Crippen molar-refractivity contribution in [3.05, 3.63) is 11.6 Å². The van der Waals surface area contributed by atoms with Gasteiger partial charge < -0.3 is 18.9 Å². The fourth-order valence-corrected chi connectivity index (χ4v) is 3.43. The molecule has 3 rings (SSSR count). The van der Waals surface area contributed by atoms with Gasteiger partial charge in [-0.05, 0) is 12.8 Å². The second-order valence-corrected chi connectivity index (χ2v) is 6.51. The minimum absolute atomic E-state index is 0.0712. The van der Waals surface area contributed by atoms with Crippen LogP contribution in [0.4, 0.5) is 0 Å². The van der Waals surface area contributed by atoms with Gasteiger partial charge in [0.2, 0.25) is 5.91 Å². The first-order valence-corrected chi connectivity index (χ1v) is 8.64. The molecule has 0 bridgehead atoms. The molecule has 0 atom stereocenters. The molecular weight excluding hydrogens is 310 g/mol. The molecule has 0 aromatic carbocycles. The molecule has 24 heavy (non-hydrogen) atoms. The van der Waals surface area contributed by atoms with Gasteiger partial charge >= 0.3 is 0 Å². The molecule has 1 aromatic heterocycles. The van der Waals surface area contributed by atoms with E-state index in [9.17, 15) is 4.79 Å². The van der Waals surface area contributed by atoms with Crippen molar-refractivity contribution < 1.29 is 14.3 Å². The Balaban J connectivity index is 1.57. The molecule has 8 heteroatoms. The SMILES string of the molecule is COCC(=O)N1CCC(c2nnc(CN3CCOCC3)n2C)CC1. The lowest BCUT2D eigenvalue weighted by atomic mass is 9.96. The van der Waals surface area contributed by atoms with Crippen LogP contribution in [0.5, 0.6) is 0 Å².